The Hall–Kier alpha value is -0.940. The first-order chi connectivity index (χ1) is 11.2. The van der Waals surface area contributed by atoms with Gasteiger partial charge in [0.25, 0.3) is 0 Å². The zero-order chi connectivity index (χ0) is 18.2. The van der Waals surface area contributed by atoms with Gasteiger partial charge in [-0.3, -0.25) is 4.99 Å². The predicted octanol–water partition coefficient (Wildman–Crippen LogP) is 2.20. The van der Waals surface area contributed by atoms with Gasteiger partial charge in [-0.15, -0.1) is 24.0 Å². The number of hydrogen-bond acceptors (Lipinski definition) is 4. The van der Waals surface area contributed by atoms with Crippen LogP contribution in [-0.4, -0.2) is 52.5 Å². The molecule has 1 rings (SSSR count). The number of methoxy groups -OCH3 is 1. The molecule has 2 N–H and O–H groups in total. The summed E-state index contributed by atoms with van der Waals surface area (Å²) < 4.78 is 43.3. The molecule has 0 unspecified atom stereocenters. The van der Waals surface area contributed by atoms with Crippen molar-refractivity contribution in [1.29, 1.82) is 0 Å². The molecule has 1 aromatic carbocycles. The van der Waals surface area contributed by atoms with Crippen molar-refractivity contribution in [1.82, 2.24) is 10.6 Å². The minimum absolute atomic E-state index is 0. The number of aliphatic imine (C=N–C) groups is 1. The Kier molecular flexibility index (Phi) is 10.5. The SMILES string of the molecule is CCNC(=NCC(C)(C)OC)NCCS(=O)(=O)c1ccccc1F.I. The molecule has 1 aromatic rings. The second kappa shape index (κ2) is 10.9. The summed E-state index contributed by atoms with van der Waals surface area (Å²) in [6.07, 6.45) is 0. The molecule has 0 aliphatic rings. The van der Waals surface area contributed by atoms with Gasteiger partial charge in [-0.2, -0.15) is 0 Å². The van der Waals surface area contributed by atoms with Crippen LogP contribution in [0.4, 0.5) is 4.39 Å². The maximum absolute atomic E-state index is 13.6. The van der Waals surface area contributed by atoms with Crippen molar-refractivity contribution >= 4 is 39.8 Å². The van der Waals surface area contributed by atoms with Crippen molar-refractivity contribution in [3.63, 3.8) is 0 Å². The summed E-state index contributed by atoms with van der Waals surface area (Å²) >= 11 is 0. The molecule has 9 heteroatoms. The standard InChI is InChI=1S/C16H26FN3O3S.HI/c1-5-18-15(20-12-16(2,3)23-4)19-10-11-24(21,22)14-9-7-6-8-13(14)17;/h6-9H,5,10-12H2,1-4H3,(H2,18,19,20);1H. The fraction of sp³-hybridized carbons (Fsp3) is 0.562. The van der Waals surface area contributed by atoms with Gasteiger partial charge in [0, 0.05) is 20.2 Å². The summed E-state index contributed by atoms with van der Waals surface area (Å²) in [6.45, 7) is 6.90. The van der Waals surface area contributed by atoms with E-state index in [1.54, 1.807) is 7.11 Å². The van der Waals surface area contributed by atoms with Gasteiger partial charge in [0.15, 0.2) is 15.8 Å². The molecule has 0 aromatic heterocycles. The fourth-order valence-electron chi connectivity index (χ4n) is 1.79. The molecular formula is C16H27FIN3O3S. The maximum Gasteiger partial charge on any atom is 0.191 e. The lowest BCUT2D eigenvalue weighted by Crippen LogP contribution is -2.41. The first-order valence-electron chi connectivity index (χ1n) is 7.76. The monoisotopic (exact) mass is 487 g/mol. The average molecular weight is 487 g/mol. The van der Waals surface area contributed by atoms with E-state index in [-0.39, 0.29) is 41.2 Å². The lowest BCUT2D eigenvalue weighted by molar-refractivity contribution is 0.0310. The van der Waals surface area contributed by atoms with Gasteiger partial charge in [-0.25, -0.2) is 12.8 Å². The van der Waals surface area contributed by atoms with Gasteiger partial charge in [0.2, 0.25) is 0 Å². The third-order valence-electron chi connectivity index (χ3n) is 3.35. The third kappa shape index (κ3) is 8.32. The van der Waals surface area contributed by atoms with E-state index in [0.717, 1.165) is 6.07 Å². The van der Waals surface area contributed by atoms with Crippen molar-refractivity contribution in [2.45, 2.75) is 31.3 Å². The van der Waals surface area contributed by atoms with Crippen molar-refractivity contribution in [3.8, 4) is 0 Å². The molecule has 25 heavy (non-hydrogen) atoms. The highest BCUT2D eigenvalue weighted by atomic mass is 127. The first kappa shape index (κ1) is 24.1. The number of halogens is 2. The van der Waals surface area contributed by atoms with Crippen LogP contribution in [-0.2, 0) is 14.6 Å². The molecule has 0 heterocycles. The summed E-state index contributed by atoms with van der Waals surface area (Å²) in [4.78, 5) is 4.08. The minimum Gasteiger partial charge on any atom is -0.377 e. The molecule has 0 aliphatic heterocycles. The van der Waals surface area contributed by atoms with Crippen molar-refractivity contribution in [3.05, 3.63) is 30.1 Å². The van der Waals surface area contributed by atoms with Crippen molar-refractivity contribution < 1.29 is 17.5 Å². The van der Waals surface area contributed by atoms with Gasteiger partial charge < -0.3 is 15.4 Å². The van der Waals surface area contributed by atoms with E-state index in [9.17, 15) is 12.8 Å². The van der Waals surface area contributed by atoms with Crippen LogP contribution < -0.4 is 10.6 Å². The van der Waals surface area contributed by atoms with Crippen molar-refractivity contribution in [2.24, 2.45) is 4.99 Å². The van der Waals surface area contributed by atoms with Crippen LogP contribution >= 0.6 is 24.0 Å². The molecule has 0 radical (unpaired) electrons. The van der Waals surface area contributed by atoms with Crippen LogP contribution in [0, 0.1) is 5.82 Å². The second-order valence-electron chi connectivity index (χ2n) is 5.84. The average Bonchev–Trinajstić information content (AvgIpc) is 2.53. The lowest BCUT2D eigenvalue weighted by atomic mass is 10.1. The minimum atomic E-state index is -3.69. The van der Waals surface area contributed by atoms with Crippen LogP contribution in [0.1, 0.15) is 20.8 Å². The summed E-state index contributed by atoms with van der Waals surface area (Å²) in [5.74, 6) is -0.474. The zero-order valence-corrected chi connectivity index (χ0v) is 18.2. The van der Waals surface area contributed by atoms with Crippen LogP contribution in [0.15, 0.2) is 34.2 Å². The summed E-state index contributed by atoms with van der Waals surface area (Å²) in [5, 5.41) is 5.98. The first-order valence-corrected chi connectivity index (χ1v) is 9.41. The predicted molar refractivity (Wildman–Crippen MR) is 109 cm³/mol. The van der Waals surface area contributed by atoms with E-state index in [1.807, 2.05) is 20.8 Å². The Bertz CT molecular complexity index is 666. The van der Waals surface area contributed by atoms with E-state index in [2.05, 4.69) is 15.6 Å². The number of benzene rings is 1. The van der Waals surface area contributed by atoms with Crippen LogP contribution in [0.3, 0.4) is 0 Å². The normalized spacial score (nSPS) is 12.4. The van der Waals surface area contributed by atoms with Crippen LogP contribution in [0.25, 0.3) is 0 Å². The molecule has 0 saturated heterocycles. The number of rotatable bonds is 8. The Balaban J connectivity index is 0.00000576. The number of nitrogens with one attached hydrogen (secondary N) is 2. The quantitative estimate of drug-likeness (QED) is 0.334. The molecule has 0 atom stereocenters. The van der Waals surface area contributed by atoms with E-state index >= 15 is 0 Å². The topological polar surface area (TPSA) is 79.8 Å². The van der Waals surface area contributed by atoms with Crippen LogP contribution in [0.2, 0.25) is 0 Å². The van der Waals surface area contributed by atoms with Gasteiger partial charge in [0.1, 0.15) is 10.7 Å². The molecule has 0 bridgehead atoms. The van der Waals surface area contributed by atoms with E-state index in [1.165, 1.54) is 18.2 Å². The number of nitrogens with zero attached hydrogens (tertiary/aromatic N) is 1. The number of ether oxygens (including phenoxy) is 1. The van der Waals surface area contributed by atoms with E-state index in [0.29, 0.717) is 19.0 Å². The Morgan fingerprint density at radius 1 is 1.28 bits per heavy atom. The summed E-state index contributed by atoms with van der Waals surface area (Å²) in [5.41, 5.74) is -0.415. The summed E-state index contributed by atoms with van der Waals surface area (Å²) in [6, 6.07) is 5.37. The molecule has 0 saturated carbocycles. The highest BCUT2D eigenvalue weighted by Gasteiger charge is 2.19. The highest BCUT2D eigenvalue weighted by Crippen LogP contribution is 2.14. The zero-order valence-electron chi connectivity index (χ0n) is 15.0. The van der Waals surface area contributed by atoms with E-state index in [4.69, 9.17) is 4.74 Å². The number of guanidine groups is 1. The third-order valence-corrected chi connectivity index (χ3v) is 5.09. The van der Waals surface area contributed by atoms with E-state index < -0.39 is 21.3 Å². The Morgan fingerprint density at radius 2 is 1.92 bits per heavy atom. The highest BCUT2D eigenvalue weighted by molar-refractivity contribution is 14.0. The van der Waals surface area contributed by atoms with Gasteiger partial charge in [-0.1, -0.05) is 12.1 Å². The van der Waals surface area contributed by atoms with Gasteiger partial charge in [0.05, 0.1) is 17.9 Å². The lowest BCUT2D eigenvalue weighted by Gasteiger charge is -2.21. The fourth-order valence-corrected chi connectivity index (χ4v) is 3.03. The number of hydrogen-bond donors (Lipinski definition) is 2. The van der Waals surface area contributed by atoms with Gasteiger partial charge >= 0.3 is 0 Å². The van der Waals surface area contributed by atoms with Crippen LogP contribution in [0.5, 0.6) is 0 Å². The molecule has 0 spiro atoms. The molecule has 0 aliphatic carbocycles. The summed E-state index contributed by atoms with van der Waals surface area (Å²) in [7, 11) is -2.09. The van der Waals surface area contributed by atoms with Gasteiger partial charge in [-0.05, 0) is 32.9 Å². The maximum atomic E-state index is 13.6. The Morgan fingerprint density at radius 3 is 2.48 bits per heavy atom. The molecule has 6 nitrogen and oxygen atoms in total. The Labute approximate surface area is 166 Å². The molecular weight excluding hydrogens is 460 g/mol. The second-order valence-corrected chi connectivity index (χ2v) is 7.91. The largest absolute Gasteiger partial charge is 0.377 e. The smallest absolute Gasteiger partial charge is 0.191 e. The molecule has 144 valence electrons. The molecule has 0 fully saturated rings. The number of sulfone groups is 1. The van der Waals surface area contributed by atoms with Crippen molar-refractivity contribution in [2.75, 3.05) is 32.5 Å². The molecule has 0 amide bonds.